The summed E-state index contributed by atoms with van der Waals surface area (Å²) < 4.78 is 30.6. The van der Waals surface area contributed by atoms with Gasteiger partial charge in [0, 0.05) is 19.2 Å². The maximum atomic E-state index is 12.4. The number of hydrogen-bond acceptors (Lipinski definition) is 4. The van der Waals surface area contributed by atoms with Crippen LogP contribution in [-0.2, 0) is 19.6 Å². The van der Waals surface area contributed by atoms with Crippen molar-refractivity contribution >= 4 is 22.1 Å². The Kier molecular flexibility index (Phi) is 5.91. The molecule has 5 nitrogen and oxygen atoms in total. The van der Waals surface area contributed by atoms with Crippen molar-refractivity contribution in [2.75, 3.05) is 20.2 Å². The minimum Gasteiger partial charge on any atom is -0.466 e. The normalized spacial score (nSPS) is 12.0. The fourth-order valence-electron chi connectivity index (χ4n) is 1.72. The van der Waals surface area contributed by atoms with Crippen LogP contribution >= 0.6 is 0 Å². The summed E-state index contributed by atoms with van der Waals surface area (Å²) in [6.07, 6.45) is 2.77. The maximum absolute atomic E-state index is 12.4. The summed E-state index contributed by atoms with van der Waals surface area (Å²) >= 11 is 0. The molecule has 0 unspecified atom stereocenters. The highest BCUT2D eigenvalue weighted by Crippen LogP contribution is 2.17. The lowest BCUT2D eigenvalue weighted by Gasteiger charge is -2.18. The highest BCUT2D eigenvalue weighted by molar-refractivity contribution is 7.89. The molecular weight excluding hydrogens is 278 g/mol. The first kappa shape index (κ1) is 16.4. The standard InChI is InChI=1S/C14H19NO4S/c1-4-15(5-2)20(17,18)13-8-6-7-12(11-13)9-10-14(16)19-3/h6-11H,4-5H2,1-3H3. The average Bonchev–Trinajstić information content (AvgIpc) is 2.46. The van der Waals surface area contributed by atoms with Gasteiger partial charge in [-0.3, -0.25) is 0 Å². The van der Waals surface area contributed by atoms with Crippen molar-refractivity contribution in [3.63, 3.8) is 0 Å². The van der Waals surface area contributed by atoms with Crippen molar-refractivity contribution in [2.45, 2.75) is 18.7 Å². The number of nitrogens with zero attached hydrogens (tertiary/aromatic N) is 1. The molecule has 0 saturated carbocycles. The Morgan fingerprint density at radius 3 is 2.50 bits per heavy atom. The van der Waals surface area contributed by atoms with Crippen LogP contribution in [0, 0.1) is 0 Å². The van der Waals surface area contributed by atoms with E-state index in [0.29, 0.717) is 18.7 Å². The smallest absolute Gasteiger partial charge is 0.330 e. The van der Waals surface area contributed by atoms with Gasteiger partial charge < -0.3 is 4.74 Å². The van der Waals surface area contributed by atoms with Gasteiger partial charge in [-0.05, 0) is 23.8 Å². The number of carbonyl (C=O) groups excluding carboxylic acids is 1. The van der Waals surface area contributed by atoms with Gasteiger partial charge in [0.2, 0.25) is 10.0 Å². The number of benzene rings is 1. The molecule has 110 valence electrons. The number of carbonyl (C=O) groups is 1. The molecule has 0 radical (unpaired) electrons. The van der Waals surface area contributed by atoms with E-state index in [9.17, 15) is 13.2 Å². The quantitative estimate of drug-likeness (QED) is 0.594. The monoisotopic (exact) mass is 297 g/mol. The summed E-state index contributed by atoms with van der Waals surface area (Å²) in [5.41, 5.74) is 0.628. The van der Waals surface area contributed by atoms with Crippen LogP contribution in [0.15, 0.2) is 35.2 Å². The molecule has 0 atom stereocenters. The lowest BCUT2D eigenvalue weighted by Crippen LogP contribution is -2.30. The average molecular weight is 297 g/mol. The molecule has 1 aromatic carbocycles. The predicted molar refractivity (Wildman–Crippen MR) is 77.6 cm³/mol. The van der Waals surface area contributed by atoms with Gasteiger partial charge in [-0.25, -0.2) is 13.2 Å². The van der Waals surface area contributed by atoms with E-state index in [1.54, 1.807) is 32.0 Å². The first-order chi connectivity index (χ1) is 9.45. The molecule has 0 aliphatic rings. The van der Waals surface area contributed by atoms with Gasteiger partial charge in [-0.15, -0.1) is 0 Å². The second-order valence-corrected chi connectivity index (χ2v) is 5.96. The largest absolute Gasteiger partial charge is 0.466 e. The third kappa shape index (κ3) is 3.91. The second kappa shape index (κ2) is 7.21. The number of ether oxygens (including phenoxy) is 1. The fourth-order valence-corrected chi connectivity index (χ4v) is 3.24. The van der Waals surface area contributed by atoms with Crippen LogP contribution in [0.3, 0.4) is 0 Å². The van der Waals surface area contributed by atoms with E-state index in [-0.39, 0.29) is 4.90 Å². The van der Waals surface area contributed by atoms with Gasteiger partial charge in [0.25, 0.3) is 0 Å². The lowest BCUT2D eigenvalue weighted by atomic mass is 10.2. The summed E-state index contributed by atoms with van der Waals surface area (Å²) in [5, 5.41) is 0. The topological polar surface area (TPSA) is 63.7 Å². The molecule has 0 aliphatic heterocycles. The summed E-state index contributed by atoms with van der Waals surface area (Å²) in [7, 11) is -2.20. The first-order valence-electron chi connectivity index (χ1n) is 6.32. The fraction of sp³-hybridized carbons (Fsp3) is 0.357. The molecule has 0 aliphatic carbocycles. The first-order valence-corrected chi connectivity index (χ1v) is 7.76. The minimum absolute atomic E-state index is 0.216. The van der Waals surface area contributed by atoms with Crippen LogP contribution < -0.4 is 0 Å². The third-order valence-corrected chi connectivity index (χ3v) is 4.86. The van der Waals surface area contributed by atoms with Crippen LogP contribution in [0.25, 0.3) is 6.08 Å². The molecule has 0 amide bonds. The van der Waals surface area contributed by atoms with Gasteiger partial charge in [0.15, 0.2) is 0 Å². The second-order valence-electron chi connectivity index (χ2n) is 4.02. The summed E-state index contributed by atoms with van der Waals surface area (Å²) in [5.74, 6) is -0.484. The predicted octanol–water partition coefficient (Wildman–Crippen LogP) is 1.90. The Balaban J connectivity index is 3.10. The van der Waals surface area contributed by atoms with E-state index in [1.165, 1.54) is 29.6 Å². The summed E-state index contributed by atoms with van der Waals surface area (Å²) in [4.78, 5) is 11.2. The zero-order valence-corrected chi connectivity index (χ0v) is 12.7. The molecule has 0 saturated heterocycles. The number of esters is 1. The van der Waals surface area contributed by atoms with Crippen molar-refractivity contribution in [2.24, 2.45) is 0 Å². The van der Waals surface area contributed by atoms with E-state index >= 15 is 0 Å². The Bertz CT molecular complexity index is 589. The Morgan fingerprint density at radius 2 is 1.95 bits per heavy atom. The van der Waals surface area contributed by atoms with Crippen LogP contribution in [0.4, 0.5) is 0 Å². The van der Waals surface area contributed by atoms with Crippen molar-refractivity contribution < 1.29 is 17.9 Å². The molecule has 1 aromatic rings. The molecule has 20 heavy (non-hydrogen) atoms. The van der Waals surface area contributed by atoms with Crippen molar-refractivity contribution in [1.82, 2.24) is 4.31 Å². The molecule has 0 spiro atoms. The van der Waals surface area contributed by atoms with Crippen molar-refractivity contribution in [3.8, 4) is 0 Å². The zero-order valence-electron chi connectivity index (χ0n) is 11.9. The molecule has 6 heteroatoms. The van der Waals surface area contributed by atoms with Gasteiger partial charge in [0.1, 0.15) is 0 Å². The van der Waals surface area contributed by atoms with Gasteiger partial charge in [-0.2, -0.15) is 4.31 Å². The molecule has 0 bridgehead atoms. The number of methoxy groups -OCH3 is 1. The number of hydrogen-bond donors (Lipinski definition) is 0. The van der Waals surface area contributed by atoms with Crippen molar-refractivity contribution in [1.29, 1.82) is 0 Å². The minimum atomic E-state index is -3.48. The highest BCUT2D eigenvalue weighted by Gasteiger charge is 2.21. The van der Waals surface area contributed by atoms with E-state index in [1.807, 2.05) is 0 Å². The molecule has 0 aromatic heterocycles. The number of sulfonamides is 1. The zero-order chi connectivity index (χ0) is 15.2. The Labute approximate surface area is 119 Å². The van der Waals surface area contributed by atoms with Gasteiger partial charge in [-0.1, -0.05) is 26.0 Å². The Hall–Kier alpha value is -1.66. The highest BCUT2D eigenvalue weighted by atomic mass is 32.2. The van der Waals surface area contributed by atoms with Gasteiger partial charge >= 0.3 is 5.97 Å². The molecule has 0 heterocycles. The van der Waals surface area contributed by atoms with Crippen molar-refractivity contribution in [3.05, 3.63) is 35.9 Å². The number of rotatable bonds is 6. The molecule has 1 rings (SSSR count). The van der Waals surface area contributed by atoms with E-state index in [4.69, 9.17) is 0 Å². The summed E-state index contributed by atoms with van der Waals surface area (Å²) in [6.45, 7) is 4.42. The molecular formula is C14H19NO4S. The van der Waals surface area contributed by atoms with Crippen LogP contribution in [0.1, 0.15) is 19.4 Å². The maximum Gasteiger partial charge on any atom is 0.330 e. The van der Waals surface area contributed by atoms with Crippen LogP contribution in [-0.4, -0.2) is 38.9 Å². The summed E-state index contributed by atoms with van der Waals surface area (Å²) in [6, 6.07) is 6.45. The molecule has 0 fully saturated rings. The molecule has 0 N–H and O–H groups in total. The van der Waals surface area contributed by atoms with E-state index in [2.05, 4.69) is 4.74 Å². The van der Waals surface area contributed by atoms with Gasteiger partial charge in [0.05, 0.1) is 12.0 Å². The van der Waals surface area contributed by atoms with E-state index in [0.717, 1.165) is 0 Å². The van der Waals surface area contributed by atoms with Crippen LogP contribution in [0.2, 0.25) is 0 Å². The SMILES string of the molecule is CCN(CC)S(=O)(=O)c1cccc(C=CC(=O)OC)c1. The van der Waals surface area contributed by atoms with E-state index < -0.39 is 16.0 Å². The Morgan fingerprint density at radius 1 is 1.30 bits per heavy atom. The lowest BCUT2D eigenvalue weighted by molar-refractivity contribution is -0.134. The third-order valence-electron chi connectivity index (χ3n) is 2.81. The van der Waals surface area contributed by atoms with Crippen LogP contribution in [0.5, 0.6) is 0 Å².